The van der Waals surface area contributed by atoms with Crippen LogP contribution >= 0.6 is 0 Å². The summed E-state index contributed by atoms with van der Waals surface area (Å²) in [6, 6.07) is 8.98. The molecule has 1 heterocycles. The van der Waals surface area contributed by atoms with Crippen LogP contribution in [0.4, 0.5) is 0 Å². The second-order valence-electron chi connectivity index (χ2n) is 4.04. The summed E-state index contributed by atoms with van der Waals surface area (Å²) in [4.78, 5) is 15.1. The van der Waals surface area contributed by atoms with Gasteiger partial charge in [-0.2, -0.15) is 0 Å². The summed E-state index contributed by atoms with van der Waals surface area (Å²) < 4.78 is 11.1. The first-order chi connectivity index (χ1) is 9.26. The lowest BCUT2D eigenvalue weighted by Crippen LogP contribution is -2.06. The standard InChI is InChI=1S/C15H15NO3/c1-11(12-6-4-8-16-9-12)19-15-13(10-17)5-3-7-14(15)18-2/h3-11H,1-2H3. The van der Waals surface area contributed by atoms with Gasteiger partial charge >= 0.3 is 0 Å². The minimum absolute atomic E-state index is 0.219. The smallest absolute Gasteiger partial charge is 0.172 e. The molecule has 0 bridgehead atoms. The van der Waals surface area contributed by atoms with Crippen molar-refractivity contribution in [2.45, 2.75) is 13.0 Å². The van der Waals surface area contributed by atoms with Crippen LogP contribution in [-0.2, 0) is 0 Å². The molecule has 0 spiro atoms. The lowest BCUT2D eigenvalue weighted by molar-refractivity contribution is 0.111. The number of pyridine rings is 1. The van der Waals surface area contributed by atoms with Gasteiger partial charge in [-0.05, 0) is 25.1 Å². The Bertz CT molecular complexity index is 555. The zero-order valence-corrected chi connectivity index (χ0v) is 10.9. The second kappa shape index (κ2) is 6.00. The molecule has 0 aliphatic carbocycles. The summed E-state index contributed by atoms with van der Waals surface area (Å²) in [5.41, 5.74) is 1.40. The number of hydrogen-bond donors (Lipinski definition) is 0. The second-order valence-corrected chi connectivity index (χ2v) is 4.04. The normalized spacial score (nSPS) is 11.7. The largest absolute Gasteiger partial charge is 0.493 e. The third-order valence-corrected chi connectivity index (χ3v) is 2.80. The van der Waals surface area contributed by atoms with Crippen LogP contribution in [0.25, 0.3) is 0 Å². The average molecular weight is 257 g/mol. The van der Waals surface area contributed by atoms with Crippen molar-refractivity contribution in [2.75, 3.05) is 7.11 Å². The highest BCUT2D eigenvalue weighted by atomic mass is 16.5. The van der Waals surface area contributed by atoms with Gasteiger partial charge in [0.15, 0.2) is 17.8 Å². The Morgan fingerprint density at radius 2 is 2.11 bits per heavy atom. The van der Waals surface area contributed by atoms with Crippen molar-refractivity contribution < 1.29 is 14.3 Å². The van der Waals surface area contributed by atoms with Gasteiger partial charge in [-0.15, -0.1) is 0 Å². The number of aldehydes is 1. The number of para-hydroxylation sites is 1. The Kier molecular flexibility index (Phi) is 4.13. The van der Waals surface area contributed by atoms with Crippen LogP contribution in [0.1, 0.15) is 28.9 Å². The third-order valence-electron chi connectivity index (χ3n) is 2.80. The molecule has 0 amide bonds. The quantitative estimate of drug-likeness (QED) is 0.772. The van der Waals surface area contributed by atoms with Crippen LogP contribution in [0.2, 0.25) is 0 Å². The lowest BCUT2D eigenvalue weighted by atomic mass is 10.1. The van der Waals surface area contributed by atoms with Gasteiger partial charge in [0.05, 0.1) is 12.7 Å². The van der Waals surface area contributed by atoms with E-state index in [9.17, 15) is 4.79 Å². The number of nitrogens with zero attached hydrogens (tertiary/aromatic N) is 1. The topological polar surface area (TPSA) is 48.4 Å². The summed E-state index contributed by atoms with van der Waals surface area (Å²) in [6.07, 6.45) is 3.98. The van der Waals surface area contributed by atoms with Gasteiger partial charge in [0.2, 0.25) is 0 Å². The molecular formula is C15H15NO3. The molecule has 0 saturated heterocycles. The minimum atomic E-state index is -0.219. The number of carbonyl (C=O) groups is 1. The predicted octanol–water partition coefficient (Wildman–Crippen LogP) is 3.04. The third kappa shape index (κ3) is 2.91. The molecule has 1 atom stereocenters. The van der Waals surface area contributed by atoms with Crippen molar-refractivity contribution in [3.63, 3.8) is 0 Å². The highest BCUT2D eigenvalue weighted by Gasteiger charge is 2.14. The number of carbonyl (C=O) groups excluding carboxylic acids is 1. The summed E-state index contributed by atoms with van der Waals surface area (Å²) in [5, 5.41) is 0. The van der Waals surface area contributed by atoms with Crippen LogP contribution in [-0.4, -0.2) is 18.4 Å². The maximum absolute atomic E-state index is 11.1. The van der Waals surface area contributed by atoms with E-state index in [2.05, 4.69) is 4.98 Å². The van der Waals surface area contributed by atoms with Gasteiger partial charge in [-0.25, -0.2) is 0 Å². The maximum Gasteiger partial charge on any atom is 0.172 e. The summed E-state index contributed by atoms with van der Waals surface area (Å²) in [5.74, 6) is 0.997. The first kappa shape index (κ1) is 13.1. The van der Waals surface area contributed by atoms with Crippen LogP contribution in [0.15, 0.2) is 42.7 Å². The first-order valence-electron chi connectivity index (χ1n) is 5.95. The molecular weight excluding hydrogens is 242 g/mol. The zero-order valence-electron chi connectivity index (χ0n) is 10.9. The molecule has 0 fully saturated rings. The molecule has 1 aromatic heterocycles. The van der Waals surface area contributed by atoms with Crippen molar-refractivity contribution in [3.8, 4) is 11.5 Å². The van der Waals surface area contributed by atoms with Crippen LogP contribution < -0.4 is 9.47 Å². The Morgan fingerprint density at radius 3 is 2.74 bits per heavy atom. The van der Waals surface area contributed by atoms with Crippen molar-refractivity contribution in [1.82, 2.24) is 4.98 Å². The van der Waals surface area contributed by atoms with Gasteiger partial charge in [0, 0.05) is 18.0 Å². The minimum Gasteiger partial charge on any atom is -0.493 e. The van der Waals surface area contributed by atoms with E-state index in [0.717, 1.165) is 11.8 Å². The Morgan fingerprint density at radius 1 is 1.26 bits per heavy atom. The van der Waals surface area contributed by atoms with E-state index in [0.29, 0.717) is 17.1 Å². The Hall–Kier alpha value is -2.36. The van der Waals surface area contributed by atoms with Crippen molar-refractivity contribution in [2.24, 2.45) is 0 Å². The SMILES string of the molecule is COc1cccc(C=O)c1OC(C)c1cccnc1. The monoisotopic (exact) mass is 257 g/mol. The molecule has 0 saturated carbocycles. The fourth-order valence-electron chi connectivity index (χ4n) is 1.77. The van der Waals surface area contributed by atoms with Gasteiger partial charge in [-0.1, -0.05) is 12.1 Å². The fraction of sp³-hybridized carbons (Fsp3) is 0.200. The molecule has 0 radical (unpaired) electrons. The summed E-state index contributed by atoms with van der Waals surface area (Å²) >= 11 is 0. The van der Waals surface area contributed by atoms with E-state index < -0.39 is 0 Å². The average Bonchev–Trinajstić information content (AvgIpc) is 2.48. The van der Waals surface area contributed by atoms with Crippen LogP contribution in [0, 0.1) is 0 Å². The molecule has 4 nitrogen and oxygen atoms in total. The Labute approximate surface area is 112 Å². The number of aromatic nitrogens is 1. The van der Waals surface area contributed by atoms with Crippen molar-refractivity contribution >= 4 is 6.29 Å². The molecule has 0 N–H and O–H groups in total. The highest BCUT2D eigenvalue weighted by Crippen LogP contribution is 2.33. The lowest BCUT2D eigenvalue weighted by Gasteiger charge is -2.18. The Balaban J connectivity index is 2.30. The van der Waals surface area contributed by atoms with E-state index in [1.54, 1.807) is 37.7 Å². The van der Waals surface area contributed by atoms with Gasteiger partial charge in [-0.3, -0.25) is 9.78 Å². The van der Waals surface area contributed by atoms with E-state index >= 15 is 0 Å². The molecule has 4 heteroatoms. The number of methoxy groups -OCH3 is 1. The zero-order chi connectivity index (χ0) is 13.7. The number of ether oxygens (including phenoxy) is 2. The molecule has 0 aliphatic rings. The van der Waals surface area contributed by atoms with E-state index in [4.69, 9.17) is 9.47 Å². The van der Waals surface area contributed by atoms with Crippen molar-refractivity contribution in [1.29, 1.82) is 0 Å². The first-order valence-corrected chi connectivity index (χ1v) is 5.95. The van der Waals surface area contributed by atoms with Crippen LogP contribution in [0.5, 0.6) is 11.5 Å². The molecule has 1 unspecified atom stereocenters. The highest BCUT2D eigenvalue weighted by molar-refractivity contribution is 5.81. The van der Waals surface area contributed by atoms with E-state index in [1.165, 1.54) is 0 Å². The molecule has 0 aliphatic heterocycles. The number of hydrogen-bond acceptors (Lipinski definition) is 4. The van der Waals surface area contributed by atoms with E-state index in [1.807, 2.05) is 19.1 Å². The predicted molar refractivity (Wildman–Crippen MR) is 71.7 cm³/mol. The maximum atomic E-state index is 11.1. The van der Waals surface area contributed by atoms with Crippen LogP contribution in [0.3, 0.4) is 0 Å². The van der Waals surface area contributed by atoms with E-state index in [-0.39, 0.29) is 6.10 Å². The van der Waals surface area contributed by atoms with Gasteiger partial charge < -0.3 is 9.47 Å². The summed E-state index contributed by atoms with van der Waals surface area (Å²) in [7, 11) is 1.55. The van der Waals surface area contributed by atoms with Gasteiger partial charge in [0.25, 0.3) is 0 Å². The van der Waals surface area contributed by atoms with Gasteiger partial charge in [0.1, 0.15) is 6.10 Å². The molecule has 1 aromatic carbocycles. The molecule has 2 rings (SSSR count). The van der Waals surface area contributed by atoms with Crippen molar-refractivity contribution in [3.05, 3.63) is 53.9 Å². The number of benzene rings is 1. The summed E-state index contributed by atoms with van der Waals surface area (Å²) in [6.45, 7) is 1.90. The molecule has 98 valence electrons. The number of rotatable bonds is 5. The molecule has 19 heavy (non-hydrogen) atoms. The molecule has 2 aromatic rings. The fourth-order valence-corrected chi connectivity index (χ4v) is 1.77.